The van der Waals surface area contributed by atoms with E-state index in [1.54, 1.807) is 12.4 Å². The van der Waals surface area contributed by atoms with Gasteiger partial charge < -0.3 is 9.84 Å². The molecule has 0 unspecified atom stereocenters. The summed E-state index contributed by atoms with van der Waals surface area (Å²) >= 11 is 0. The topological polar surface area (TPSA) is 80.9 Å². The monoisotopic (exact) mass is 358 g/mol. The maximum absolute atomic E-state index is 12.2. The van der Waals surface area contributed by atoms with Gasteiger partial charge in [-0.1, -0.05) is 47.6 Å². The summed E-state index contributed by atoms with van der Waals surface area (Å²) in [5.74, 6) is 0.868. The van der Waals surface area contributed by atoms with E-state index in [0.717, 1.165) is 21.9 Å². The predicted molar refractivity (Wildman–Crippen MR) is 102 cm³/mol. The molecule has 6 nitrogen and oxygen atoms in total. The highest BCUT2D eigenvalue weighted by Gasteiger charge is 2.11. The lowest BCUT2D eigenvalue weighted by Gasteiger charge is -2.08. The minimum atomic E-state index is -0.0518. The van der Waals surface area contributed by atoms with Crippen molar-refractivity contribution in [1.29, 1.82) is 0 Å². The molecule has 0 radical (unpaired) electrons. The van der Waals surface area contributed by atoms with Crippen molar-refractivity contribution >= 4 is 16.7 Å². The van der Waals surface area contributed by atoms with Gasteiger partial charge in [0.1, 0.15) is 0 Å². The fourth-order valence-electron chi connectivity index (χ4n) is 2.92. The third-order valence-corrected chi connectivity index (χ3v) is 4.31. The number of nitrogens with zero attached hydrogens (tertiary/aromatic N) is 3. The van der Waals surface area contributed by atoms with Crippen LogP contribution in [0.4, 0.5) is 0 Å². The summed E-state index contributed by atoms with van der Waals surface area (Å²) in [6, 6.07) is 17.9. The number of benzene rings is 2. The Hall–Kier alpha value is -3.54. The third kappa shape index (κ3) is 4.00. The minimum absolute atomic E-state index is 0.0518. The Morgan fingerprint density at radius 2 is 1.93 bits per heavy atom. The van der Waals surface area contributed by atoms with Gasteiger partial charge in [0.15, 0.2) is 0 Å². The molecule has 1 amide bonds. The van der Waals surface area contributed by atoms with E-state index in [2.05, 4.69) is 38.6 Å². The highest BCUT2D eigenvalue weighted by atomic mass is 16.5. The van der Waals surface area contributed by atoms with Crippen LogP contribution in [0.5, 0.6) is 0 Å². The lowest BCUT2D eigenvalue weighted by Crippen LogP contribution is -2.23. The fourth-order valence-corrected chi connectivity index (χ4v) is 2.92. The van der Waals surface area contributed by atoms with E-state index >= 15 is 0 Å². The summed E-state index contributed by atoms with van der Waals surface area (Å²) < 4.78 is 5.22. The van der Waals surface area contributed by atoms with Crippen molar-refractivity contribution in [1.82, 2.24) is 20.4 Å². The van der Waals surface area contributed by atoms with Crippen molar-refractivity contribution in [3.63, 3.8) is 0 Å². The van der Waals surface area contributed by atoms with Crippen LogP contribution in [0, 0.1) is 0 Å². The van der Waals surface area contributed by atoms with Crippen molar-refractivity contribution in [2.24, 2.45) is 0 Å². The van der Waals surface area contributed by atoms with Gasteiger partial charge in [-0.05, 0) is 28.5 Å². The van der Waals surface area contributed by atoms with E-state index in [1.807, 2.05) is 36.4 Å². The first kappa shape index (κ1) is 16.9. The Balaban J connectivity index is 1.33. The molecule has 0 aliphatic carbocycles. The molecule has 1 N–H and O–H groups in total. The number of pyridine rings is 1. The number of hydrogen-bond acceptors (Lipinski definition) is 5. The molecule has 0 spiro atoms. The van der Waals surface area contributed by atoms with Crippen LogP contribution in [0.15, 0.2) is 71.5 Å². The van der Waals surface area contributed by atoms with Gasteiger partial charge in [-0.2, -0.15) is 4.98 Å². The third-order valence-electron chi connectivity index (χ3n) is 4.31. The second kappa shape index (κ2) is 7.78. The number of carbonyl (C=O) groups excluding carboxylic acids is 1. The fraction of sp³-hybridized carbons (Fsp3) is 0.143. The SMILES string of the molecule is O=C(CCc1nc(-c2cccnc2)no1)NCc1cccc2ccccc12. The smallest absolute Gasteiger partial charge is 0.227 e. The number of nitrogens with one attached hydrogen (secondary N) is 1. The highest BCUT2D eigenvalue weighted by molar-refractivity contribution is 5.86. The van der Waals surface area contributed by atoms with Crippen LogP contribution in [0.1, 0.15) is 17.9 Å². The maximum atomic E-state index is 12.2. The molecule has 2 aromatic heterocycles. The molecule has 2 heterocycles. The standard InChI is InChI=1S/C21H18N4O2/c26-19(23-14-16-7-3-6-15-5-1-2-9-18(15)16)10-11-20-24-21(25-27-20)17-8-4-12-22-13-17/h1-9,12-13H,10-11,14H2,(H,23,26). The van der Waals surface area contributed by atoms with Gasteiger partial charge in [-0.25, -0.2) is 0 Å². The number of rotatable bonds is 6. The molecule has 27 heavy (non-hydrogen) atoms. The summed E-state index contributed by atoms with van der Waals surface area (Å²) in [7, 11) is 0. The van der Waals surface area contributed by atoms with E-state index < -0.39 is 0 Å². The molecular weight excluding hydrogens is 340 g/mol. The van der Waals surface area contributed by atoms with E-state index in [9.17, 15) is 4.79 Å². The van der Waals surface area contributed by atoms with Crippen LogP contribution in [0.3, 0.4) is 0 Å². The molecule has 0 fully saturated rings. The summed E-state index contributed by atoms with van der Waals surface area (Å²) in [5.41, 5.74) is 1.88. The van der Waals surface area contributed by atoms with E-state index in [4.69, 9.17) is 4.52 Å². The quantitative estimate of drug-likeness (QED) is 0.570. The molecule has 0 aliphatic heterocycles. The number of carbonyl (C=O) groups is 1. The Morgan fingerprint density at radius 1 is 1.04 bits per heavy atom. The number of aromatic nitrogens is 3. The molecular formula is C21H18N4O2. The van der Waals surface area contributed by atoms with Gasteiger partial charge in [0, 0.05) is 37.3 Å². The zero-order chi connectivity index (χ0) is 18.5. The normalized spacial score (nSPS) is 10.8. The predicted octanol–water partition coefficient (Wildman–Crippen LogP) is 3.53. The van der Waals surface area contributed by atoms with Gasteiger partial charge in [0.05, 0.1) is 0 Å². The zero-order valence-corrected chi connectivity index (χ0v) is 14.6. The van der Waals surface area contributed by atoms with Gasteiger partial charge in [0.25, 0.3) is 0 Å². The molecule has 4 aromatic rings. The second-order valence-electron chi connectivity index (χ2n) is 6.17. The zero-order valence-electron chi connectivity index (χ0n) is 14.6. The van der Waals surface area contributed by atoms with Crippen molar-refractivity contribution in [2.75, 3.05) is 0 Å². The minimum Gasteiger partial charge on any atom is -0.352 e. The number of fused-ring (bicyclic) bond motifs is 1. The van der Waals surface area contributed by atoms with Crippen molar-refractivity contribution in [3.8, 4) is 11.4 Å². The Morgan fingerprint density at radius 3 is 2.81 bits per heavy atom. The molecule has 0 atom stereocenters. The maximum Gasteiger partial charge on any atom is 0.227 e. The summed E-state index contributed by atoms with van der Waals surface area (Å²) in [6.07, 6.45) is 4.05. The Labute approximate surface area is 156 Å². The molecule has 6 heteroatoms. The first-order valence-electron chi connectivity index (χ1n) is 8.76. The van der Waals surface area contributed by atoms with Crippen LogP contribution in [-0.2, 0) is 17.8 Å². The average Bonchev–Trinajstić information content (AvgIpc) is 3.20. The Bertz CT molecular complexity index is 1050. The van der Waals surface area contributed by atoms with Crippen molar-refractivity contribution < 1.29 is 9.32 Å². The summed E-state index contributed by atoms with van der Waals surface area (Å²) in [4.78, 5) is 20.5. The van der Waals surface area contributed by atoms with Crippen molar-refractivity contribution in [3.05, 3.63) is 78.4 Å². The van der Waals surface area contributed by atoms with Gasteiger partial charge in [-0.3, -0.25) is 9.78 Å². The van der Waals surface area contributed by atoms with E-state index in [-0.39, 0.29) is 5.91 Å². The molecule has 2 aromatic carbocycles. The van der Waals surface area contributed by atoms with E-state index in [1.165, 1.54) is 0 Å². The van der Waals surface area contributed by atoms with Gasteiger partial charge >= 0.3 is 0 Å². The van der Waals surface area contributed by atoms with Crippen LogP contribution >= 0.6 is 0 Å². The highest BCUT2D eigenvalue weighted by Crippen LogP contribution is 2.18. The summed E-state index contributed by atoms with van der Waals surface area (Å²) in [6.45, 7) is 0.491. The lowest BCUT2D eigenvalue weighted by molar-refractivity contribution is -0.121. The molecule has 0 bridgehead atoms. The first-order valence-corrected chi connectivity index (χ1v) is 8.76. The molecule has 4 rings (SSSR count). The van der Waals surface area contributed by atoms with Gasteiger partial charge in [-0.15, -0.1) is 0 Å². The number of hydrogen-bond donors (Lipinski definition) is 1. The van der Waals surface area contributed by atoms with Crippen LogP contribution in [0.25, 0.3) is 22.2 Å². The average molecular weight is 358 g/mol. The number of aryl methyl sites for hydroxylation is 1. The molecule has 134 valence electrons. The first-order chi connectivity index (χ1) is 13.3. The van der Waals surface area contributed by atoms with Gasteiger partial charge in [0.2, 0.25) is 17.6 Å². The van der Waals surface area contributed by atoms with Crippen LogP contribution in [0.2, 0.25) is 0 Å². The second-order valence-corrected chi connectivity index (χ2v) is 6.17. The Kier molecular flexibility index (Phi) is 4.87. The number of amides is 1. The van der Waals surface area contributed by atoms with Crippen LogP contribution in [-0.4, -0.2) is 21.0 Å². The van der Waals surface area contributed by atoms with E-state index in [0.29, 0.717) is 31.1 Å². The molecule has 0 saturated carbocycles. The summed E-state index contributed by atoms with van der Waals surface area (Å²) in [5, 5.41) is 9.21. The largest absolute Gasteiger partial charge is 0.352 e. The van der Waals surface area contributed by atoms with Crippen molar-refractivity contribution in [2.45, 2.75) is 19.4 Å². The van der Waals surface area contributed by atoms with Crippen LogP contribution < -0.4 is 5.32 Å². The lowest BCUT2D eigenvalue weighted by atomic mass is 10.0. The molecule has 0 saturated heterocycles. The molecule has 0 aliphatic rings.